The summed E-state index contributed by atoms with van der Waals surface area (Å²) in [6.45, 7) is 8.00. The van der Waals surface area contributed by atoms with Crippen LogP contribution in [0.4, 0.5) is 0 Å². The van der Waals surface area contributed by atoms with Gasteiger partial charge < -0.3 is 5.11 Å². The Kier molecular flexibility index (Phi) is 4.81. The van der Waals surface area contributed by atoms with E-state index in [2.05, 4.69) is 43.0 Å². The zero-order chi connectivity index (χ0) is 14.7. The molecule has 2 rings (SSSR count). The molecule has 2 unspecified atom stereocenters. The molecule has 1 aromatic carbocycles. The maximum absolute atomic E-state index is 11.0. The minimum Gasteiger partial charge on any atom is -0.481 e. The molecule has 110 valence electrons. The fraction of sp³-hybridized carbons (Fsp3) is 0.588. The first kappa shape index (κ1) is 15.0. The summed E-state index contributed by atoms with van der Waals surface area (Å²) < 4.78 is 0. The van der Waals surface area contributed by atoms with Gasteiger partial charge in [-0.2, -0.15) is 0 Å². The number of nitrogens with zero attached hydrogens (tertiary/aromatic N) is 1. The van der Waals surface area contributed by atoms with Crippen molar-refractivity contribution in [1.29, 1.82) is 0 Å². The smallest absolute Gasteiger partial charge is 0.306 e. The van der Waals surface area contributed by atoms with Crippen LogP contribution >= 0.6 is 0 Å². The highest BCUT2D eigenvalue weighted by Crippen LogP contribution is 2.32. The van der Waals surface area contributed by atoms with Crippen LogP contribution < -0.4 is 0 Å². The van der Waals surface area contributed by atoms with Crippen LogP contribution in [0.3, 0.4) is 0 Å². The zero-order valence-electron chi connectivity index (χ0n) is 12.7. The van der Waals surface area contributed by atoms with E-state index in [1.807, 2.05) is 6.92 Å². The van der Waals surface area contributed by atoms with Crippen molar-refractivity contribution in [3.05, 3.63) is 35.4 Å². The second-order valence-electron chi connectivity index (χ2n) is 6.01. The Bertz CT molecular complexity index is 449. The molecule has 0 radical (unpaired) electrons. The van der Waals surface area contributed by atoms with E-state index in [1.165, 1.54) is 17.5 Å². The molecule has 0 spiro atoms. The standard InChI is InChI=1S/C17H25NO2/c1-4-5-14-6-8-15(9-7-14)13(3)18-10-16(11-18)12(2)17(19)20/h6-9,12-13,16H,4-5,10-11H2,1-3H3,(H,19,20). The Morgan fingerprint density at radius 1 is 1.30 bits per heavy atom. The molecule has 3 nitrogen and oxygen atoms in total. The molecule has 20 heavy (non-hydrogen) atoms. The van der Waals surface area contributed by atoms with E-state index in [9.17, 15) is 4.79 Å². The number of rotatable bonds is 6. The predicted molar refractivity (Wildman–Crippen MR) is 80.7 cm³/mol. The molecule has 1 saturated heterocycles. The molecule has 0 amide bonds. The van der Waals surface area contributed by atoms with Gasteiger partial charge in [0.25, 0.3) is 0 Å². The van der Waals surface area contributed by atoms with Crippen molar-refractivity contribution in [3.8, 4) is 0 Å². The molecule has 0 aromatic heterocycles. The van der Waals surface area contributed by atoms with Crippen molar-refractivity contribution in [1.82, 2.24) is 4.90 Å². The lowest BCUT2D eigenvalue weighted by Gasteiger charge is -2.45. The summed E-state index contributed by atoms with van der Waals surface area (Å²) in [6.07, 6.45) is 2.31. The topological polar surface area (TPSA) is 40.5 Å². The van der Waals surface area contributed by atoms with Crippen molar-refractivity contribution in [2.24, 2.45) is 11.8 Å². The Hall–Kier alpha value is -1.35. The molecular weight excluding hydrogens is 250 g/mol. The lowest BCUT2D eigenvalue weighted by atomic mass is 9.85. The van der Waals surface area contributed by atoms with Crippen LogP contribution in [-0.4, -0.2) is 29.1 Å². The minimum absolute atomic E-state index is 0.231. The van der Waals surface area contributed by atoms with Gasteiger partial charge in [-0.15, -0.1) is 0 Å². The number of hydrogen-bond acceptors (Lipinski definition) is 2. The summed E-state index contributed by atoms with van der Waals surface area (Å²) in [5.74, 6) is -0.606. The minimum atomic E-state index is -0.675. The molecule has 0 aliphatic carbocycles. The molecule has 1 N–H and O–H groups in total. The Balaban J connectivity index is 1.90. The number of hydrogen-bond donors (Lipinski definition) is 1. The van der Waals surface area contributed by atoms with Gasteiger partial charge in [-0.3, -0.25) is 9.69 Å². The molecule has 1 fully saturated rings. The molecule has 1 aliphatic rings. The van der Waals surface area contributed by atoms with Crippen LogP contribution in [0.2, 0.25) is 0 Å². The molecule has 1 aromatic rings. The van der Waals surface area contributed by atoms with Crippen LogP contribution in [0.5, 0.6) is 0 Å². The van der Waals surface area contributed by atoms with Crippen molar-refractivity contribution in [2.45, 2.75) is 39.7 Å². The van der Waals surface area contributed by atoms with Gasteiger partial charge in [0.05, 0.1) is 5.92 Å². The molecule has 0 bridgehead atoms. The average molecular weight is 275 g/mol. The molecule has 0 saturated carbocycles. The summed E-state index contributed by atoms with van der Waals surface area (Å²) >= 11 is 0. The van der Waals surface area contributed by atoms with Crippen molar-refractivity contribution in [2.75, 3.05) is 13.1 Å². The van der Waals surface area contributed by atoms with Crippen LogP contribution in [0.25, 0.3) is 0 Å². The summed E-state index contributed by atoms with van der Waals surface area (Å²) in [4.78, 5) is 13.3. The fourth-order valence-corrected chi connectivity index (χ4v) is 2.85. The number of aryl methyl sites for hydroxylation is 1. The first-order valence-electron chi connectivity index (χ1n) is 7.58. The third-order valence-electron chi connectivity index (χ3n) is 4.58. The van der Waals surface area contributed by atoms with E-state index in [-0.39, 0.29) is 5.92 Å². The quantitative estimate of drug-likeness (QED) is 0.865. The second-order valence-corrected chi connectivity index (χ2v) is 6.01. The molecular formula is C17H25NO2. The van der Waals surface area contributed by atoms with Crippen LogP contribution in [0.15, 0.2) is 24.3 Å². The maximum Gasteiger partial charge on any atom is 0.306 e. The second kappa shape index (κ2) is 6.40. The number of carboxylic acids is 1. The average Bonchev–Trinajstić information content (AvgIpc) is 2.37. The van der Waals surface area contributed by atoms with Crippen LogP contribution in [0.1, 0.15) is 44.4 Å². The Labute approximate surface area is 121 Å². The van der Waals surface area contributed by atoms with Crippen LogP contribution in [-0.2, 0) is 11.2 Å². The first-order chi connectivity index (χ1) is 9.52. The SMILES string of the molecule is CCCc1ccc(C(C)N2CC(C(C)C(=O)O)C2)cc1. The number of aliphatic carboxylic acids is 1. The summed E-state index contributed by atoms with van der Waals surface area (Å²) in [6, 6.07) is 9.23. The number of benzene rings is 1. The van der Waals surface area contributed by atoms with E-state index < -0.39 is 5.97 Å². The molecule has 1 heterocycles. The fourth-order valence-electron chi connectivity index (χ4n) is 2.85. The van der Waals surface area contributed by atoms with Crippen LogP contribution in [0, 0.1) is 11.8 Å². The van der Waals surface area contributed by atoms with Crippen molar-refractivity contribution in [3.63, 3.8) is 0 Å². The highest BCUT2D eigenvalue weighted by atomic mass is 16.4. The van der Waals surface area contributed by atoms with Gasteiger partial charge in [0.1, 0.15) is 0 Å². The van der Waals surface area contributed by atoms with Gasteiger partial charge in [0, 0.05) is 19.1 Å². The van der Waals surface area contributed by atoms with Gasteiger partial charge in [-0.25, -0.2) is 0 Å². The number of carbonyl (C=O) groups is 1. The first-order valence-corrected chi connectivity index (χ1v) is 7.58. The van der Waals surface area contributed by atoms with E-state index in [0.717, 1.165) is 19.5 Å². The molecule has 1 aliphatic heterocycles. The van der Waals surface area contributed by atoms with E-state index in [0.29, 0.717) is 12.0 Å². The highest BCUT2D eigenvalue weighted by Gasteiger charge is 2.36. The maximum atomic E-state index is 11.0. The summed E-state index contributed by atoms with van der Waals surface area (Å²) in [7, 11) is 0. The third-order valence-corrected chi connectivity index (χ3v) is 4.58. The highest BCUT2D eigenvalue weighted by molar-refractivity contribution is 5.70. The van der Waals surface area contributed by atoms with Crippen molar-refractivity contribution < 1.29 is 9.90 Å². The third kappa shape index (κ3) is 3.21. The number of carboxylic acid groups (broad SMARTS) is 1. The number of likely N-dealkylation sites (tertiary alicyclic amines) is 1. The van der Waals surface area contributed by atoms with Gasteiger partial charge in [-0.05, 0) is 30.4 Å². The van der Waals surface area contributed by atoms with E-state index in [1.54, 1.807) is 0 Å². The van der Waals surface area contributed by atoms with Crippen molar-refractivity contribution >= 4 is 5.97 Å². The largest absolute Gasteiger partial charge is 0.481 e. The lowest BCUT2D eigenvalue weighted by molar-refractivity contribution is -0.146. The monoisotopic (exact) mass is 275 g/mol. The Morgan fingerprint density at radius 3 is 2.40 bits per heavy atom. The van der Waals surface area contributed by atoms with Gasteiger partial charge >= 0.3 is 5.97 Å². The normalized spacial score (nSPS) is 19.4. The molecule has 3 heteroatoms. The lowest BCUT2D eigenvalue weighted by Crippen LogP contribution is -2.51. The molecule has 2 atom stereocenters. The summed E-state index contributed by atoms with van der Waals surface area (Å²) in [5, 5.41) is 9.02. The van der Waals surface area contributed by atoms with E-state index >= 15 is 0 Å². The zero-order valence-corrected chi connectivity index (χ0v) is 12.7. The van der Waals surface area contributed by atoms with Gasteiger partial charge in [-0.1, -0.05) is 44.5 Å². The van der Waals surface area contributed by atoms with E-state index in [4.69, 9.17) is 5.11 Å². The van der Waals surface area contributed by atoms with Gasteiger partial charge in [0.2, 0.25) is 0 Å². The summed E-state index contributed by atoms with van der Waals surface area (Å²) in [5.41, 5.74) is 2.72. The van der Waals surface area contributed by atoms with Gasteiger partial charge in [0.15, 0.2) is 0 Å². The predicted octanol–water partition coefficient (Wildman–Crippen LogP) is 3.35. The Morgan fingerprint density at radius 2 is 1.90 bits per heavy atom.